The average Bonchev–Trinajstić information content (AvgIpc) is 3.12. The number of hydrogen-bond acceptors (Lipinski definition) is 2. The highest BCUT2D eigenvalue weighted by atomic mass is 19.1. The Labute approximate surface area is 158 Å². The Morgan fingerprint density at radius 1 is 1.00 bits per heavy atom. The van der Waals surface area contributed by atoms with E-state index in [1.54, 1.807) is 17.0 Å². The highest BCUT2D eigenvalue weighted by Crippen LogP contribution is 2.33. The van der Waals surface area contributed by atoms with E-state index < -0.39 is 6.04 Å². The van der Waals surface area contributed by atoms with E-state index in [0.29, 0.717) is 13.0 Å². The SMILES string of the molecule is NC(Cc1ccccc1)C(=O)N1CCc2ccc(-c3ccc(F)cc3)cc21. The van der Waals surface area contributed by atoms with Gasteiger partial charge in [0.25, 0.3) is 0 Å². The predicted octanol–water partition coefficient (Wildman–Crippen LogP) is 3.95. The van der Waals surface area contributed by atoms with Crippen LogP contribution in [0, 0.1) is 5.82 Å². The highest BCUT2D eigenvalue weighted by molar-refractivity contribution is 5.99. The summed E-state index contributed by atoms with van der Waals surface area (Å²) in [7, 11) is 0. The molecule has 1 heterocycles. The zero-order chi connectivity index (χ0) is 18.8. The van der Waals surface area contributed by atoms with Crippen molar-refractivity contribution >= 4 is 11.6 Å². The van der Waals surface area contributed by atoms with Crippen LogP contribution in [0.4, 0.5) is 10.1 Å². The van der Waals surface area contributed by atoms with Crippen molar-refractivity contribution in [3.8, 4) is 11.1 Å². The predicted molar refractivity (Wildman–Crippen MR) is 106 cm³/mol. The number of benzene rings is 3. The van der Waals surface area contributed by atoms with Gasteiger partial charge in [-0.25, -0.2) is 4.39 Å². The molecule has 0 spiro atoms. The van der Waals surface area contributed by atoms with Crippen LogP contribution >= 0.6 is 0 Å². The Bertz CT molecular complexity index is 954. The molecule has 1 aliphatic rings. The highest BCUT2D eigenvalue weighted by Gasteiger charge is 2.28. The third-order valence-electron chi connectivity index (χ3n) is 5.04. The summed E-state index contributed by atoms with van der Waals surface area (Å²) in [5.74, 6) is -0.322. The third kappa shape index (κ3) is 3.62. The fourth-order valence-electron chi connectivity index (χ4n) is 3.59. The van der Waals surface area contributed by atoms with E-state index in [1.165, 1.54) is 12.1 Å². The summed E-state index contributed by atoms with van der Waals surface area (Å²) >= 11 is 0. The number of carbonyl (C=O) groups is 1. The molecule has 1 unspecified atom stereocenters. The number of amides is 1. The van der Waals surface area contributed by atoms with Gasteiger partial charge in [0.1, 0.15) is 5.82 Å². The second-order valence-electron chi connectivity index (χ2n) is 6.89. The van der Waals surface area contributed by atoms with Crippen molar-refractivity contribution in [1.29, 1.82) is 0 Å². The van der Waals surface area contributed by atoms with E-state index in [1.807, 2.05) is 48.5 Å². The maximum Gasteiger partial charge on any atom is 0.244 e. The summed E-state index contributed by atoms with van der Waals surface area (Å²) < 4.78 is 13.2. The van der Waals surface area contributed by atoms with Gasteiger partial charge in [-0.05, 0) is 53.3 Å². The van der Waals surface area contributed by atoms with E-state index in [0.717, 1.165) is 34.4 Å². The molecule has 0 aromatic heterocycles. The monoisotopic (exact) mass is 360 g/mol. The fraction of sp³-hybridized carbons (Fsp3) is 0.174. The molecule has 1 atom stereocenters. The Morgan fingerprint density at radius 2 is 1.70 bits per heavy atom. The van der Waals surface area contributed by atoms with Crippen LogP contribution in [-0.2, 0) is 17.6 Å². The molecule has 1 amide bonds. The van der Waals surface area contributed by atoms with Crippen molar-refractivity contribution in [3.63, 3.8) is 0 Å². The van der Waals surface area contributed by atoms with Crippen LogP contribution in [0.3, 0.4) is 0 Å². The smallest absolute Gasteiger partial charge is 0.244 e. The molecule has 0 saturated carbocycles. The van der Waals surface area contributed by atoms with Crippen molar-refractivity contribution in [2.45, 2.75) is 18.9 Å². The molecule has 0 aliphatic carbocycles. The fourth-order valence-corrected chi connectivity index (χ4v) is 3.59. The van der Waals surface area contributed by atoms with Gasteiger partial charge in [-0.2, -0.15) is 0 Å². The minimum atomic E-state index is -0.576. The summed E-state index contributed by atoms with van der Waals surface area (Å²) in [4.78, 5) is 14.7. The molecular weight excluding hydrogens is 339 g/mol. The Morgan fingerprint density at radius 3 is 2.44 bits per heavy atom. The van der Waals surface area contributed by atoms with E-state index in [-0.39, 0.29) is 11.7 Å². The Hall–Kier alpha value is -2.98. The second-order valence-corrected chi connectivity index (χ2v) is 6.89. The maximum absolute atomic E-state index is 13.2. The van der Waals surface area contributed by atoms with Crippen molar-refractivity contribution < 1.29 is 9.18 Å². The van der Waals surface area contributed by atoms with Gasteiger partial charge in [0.15, 0.2) is 0 Å². The number of rotatable bonds is 4. The standard InChI is InChI=1S/C23H21FN2O/c24-20-10-8-17(9-11-20)19-7-6-18-12-13-26(22(18)15-19)23(27)21(25)14-16-4-2-1-3-5-16/h1-11,15,21H,12-14,25H2. The minimum absolute atomic E-state index is 0.0612. The van der Waals surface area contributed by atoms with Crippen LogP contribution < -0.4 is 10.6 Å². The van der Waals surface area contributed by atoms with E-state index in [2.05, 4.69) is 0 Å². The van der Waals surface area contributed by atoms with Crippen molar-refractivity contribution in [3.05, 3.63) is 89.7 Å². The summed E-state index contributed by atoms with van der Waals surface area (Å²) in [5.41, 5.74) is 11.2. The lowest BCUT2D eigenvalue weighted by Crippen LogP contribution is -2.44. The number of anilines is 1. The van der Waals surface area contributed by atoms with Crippen molar-refractivity contribution in [2.75, 3.05) is 11.4 Å². The molecule has 0 bridgehead atoms. The van der Waals surface area contributed by atoms with Gasteiger partial charge >= 0.3 is 0 Å². The molecule has 1 aliphatic heterocycles. The van der Waals surface area contributed by atoms with Gasteiger partial charge in [-0.3, -0.25) is 4.79 Å². The topological polar surface area (TPSA) is 46.3 Å². The summed E-state index contributed by atoms with van der Waals surface area (Å²) in [5, 5.41) is 0. The quantitative estimate of drug-likeness (QED) is 0.766. The van der Waals surface area contributed by atoms with Crippen molar-refractivity contribution in [1.82, 2.24) is 0 Å². The van der Waals surface area contributed by atoms with Crippen molar-refractivity contribution in [2.24, 2.45) is 5.73 Å². The maximum atomic E-state index is 13.2. The number of nitrogens with zero attached hydrogens (tertiary/aromatic N) is 1. The molecule has 3 nitrogen and oxygen atoms in total. The zero-order valence-electron chi connectivity index (χ0n) is 14.9. The van der Waals surface area contributed by atoms with Gasteiger partial charge < -0.3 is 10.6 Å². The van der Waals surface area contributed by atoms with Crippen LogP contribution in [0.1, 0.15) is 11.1 Å². The summed E-state index contributed by atoms with van der Waals surface area (Å²) in [6.45, 7) is 0.642. The van der Waals surface area contributed by atoms with Gasteiger partial charge in [0.05, 0.1) is 6.04 Å². The molecule has 2 N–H and O–H groups in total. The van der Waals surface area contributed by atoms with Crippen LogP contribution in [0.5, 0.6) is 0 Å². The van der Waals surface area contributed by atoms with Crippen LogP contribution in [-0.4, -0.2) is 18.5 Å². The molecule has 3 aromatic carbocycles. The number of carbonyl (C=O) groups excluding carboxylic acids is 1. The molecule has 27 heavy (non-hydrogen) atoms. The second kappa shape index (κ2) is 7.33. The molecule has 4 rings (SSSR count). The Kier molecular flexibility index (Phi) is 4.73. The molecule has 4 heteroatoms. The minimum Gasteiger partial charge on any atom is -0.320 e. The van der Waals surface area contributed by atoms with E-state index in [4.69, 9.17) is 5.73 Å². The molecule has 0 fully saturated rings. The zero-order valence-corrected chi connectivity index (χ0v) is 14.9. The molecule has 0 radical (unpaired) electrons. The lowest BCUT2D eigenvalue weighted by atomic mass is 10.0. The first-order valence-electron chi connectivity index (χ1n) is 9.11. The van der Waals surface area contributed by atoms with E-state index in [9.17, 15) is 9.18 Å². The molecule has 0 saturated heterocycles. The molecular formula is C23H21FN2O. The normalized spacial score (nSPS) is 14.1. The number of hydrogen-bond donors (Lipinski definition) is 1. The molecule has 3 aromatic rings. The third-order valence-corrected chi connectivity index (χ3v) is 5.04. The number of fused-ring (bicyclic) bond motifs is 1. The van der Waals surface area contributed by atoms with Gasteiger partial charge in [-0.15, -0.1) is 0 Å². The molecule has 136 valence electrons. The van der Waals surface area contributed by atoms with Crippen LogP contribution in [0.2, 0.25) is 0 Å². The summed E-state index contributed by atoms with van der Waals surface area (Å²) in [6.07, 6.45) is 1.34. The number of nitrogens with two attached hydrogens (primary N) is 1. The lowest BCUT2D eigenvalue weighted by molar-refractivity contribution is -0.119. The van der Waals surface area contributed by atoms with E-state index >= 15 is 0 Å². The first-order valence-corrected chi connectivity index (χ1v) is 9.11. The first-order chi connectivity index (χ1) is 13.1. The van der Waals surface area contributed by atoms with Gasteiger partial charge in [0.2, 0.25) is 5.91 Å². The van der Waals surface area contributed by atoms with Gasteiger partial charge in [0, 0.05) is 12.2 Å². The van der Waals surface area contributed by atoms with Crippen LogP contribution in [0.25, 0.3) is 11.1 Å². The Balaban J connectivity index is 1.57. The van der Waals surface area contributed by atoms with Gasteiger partial charge in [-0.1, -0.05) is 54.6 Å². The average molecular weight is 360 g/mol. The van der Waals surface area contributed by atoms with Crippen LogP contribution in [0.15, 0.2) is 72.8 Å². The summed E-state index contributed by atoms with van der Waals surface area (Å²) in [6, 6.07) is 21.7. The largest absolute Gasteiger partial charge is 0.320 e. The first kappa shape index (κ1) is 17.4. The number of halogens is 1. The lowest BCUT2D eigenvalue weighted by Gasteiger charge is -2.22.